The molecule has 1 fully saturated rings. The summed E-state index contributed by atoms with van der Waals surface area (Å²) < 4.78 is 5.09. The topological polar surface area (TPSA) is 58.6 Å². The Hall–Kier alpha value is -1.55. The summed E-state index contributed by atoms with van der Waals surface area (Å²) >= 11 is 0. The Kier molecular flexibility index (Phi) is 2.37. The SMILES string of the molecule is O=C1COCC(c2cccc(O)c2)N1. The quantitative estimate of drug-likeness (QED) is 0.685. The van der Waals surface area contributed by atoms with Gasteiger partial charge in [0.2, 0.25) is 5.91 Å². The first-order valence-electron chi connectivity index (χ1n) is 4.42. The Balaban J connectivity index is 2.17. The highest BCUT2D eigenvalue weighted by Gasteiger charge is 2.20. The van der Waals surface area contributed by atoms with Crippen molar-refractivity contribution in [3.8, 4) is 5.75 Å². The van der Waals surface area contributed by atoms with E-state index in [1.807, 2.05) is 6.07 Å². The Morgan fingerprint density at radius 2 is 2.36 bits per heavy atom. The van der Waals surface area contributed by atoms with Crippen molar-refractivity contribution < 1.29 is 14.6 Å². The minimum atomic E-state index is -0.150. The largest absolute Gasteiger partial charge is 0.508 e. The molecule has 1 atom stereocenters. The van der Waals surface area contributed by atoms with Gasteiger partial charge in [-0.1, -0.05) is 12.1 Å². The molecule has 1 aliphatic rings. The number of rotatable bonds is 1. The van der Waals surface area contributed by atoms with E-state index in [0.717, 1.165) is 5.56 Å². The maximum Gasteiger partial charge on any atom is 0.246 e. The number of amides is 1. The van der Waals surface area contributed by atoms with Crippen molar-refractivity contribution in [2.24, 2.45) is 0 Å². The standard InChI is InChI=1S/C10H11NO3/c12-8-3-1-2-7(4-8)9-5-14-6-10(13)11-9/h1-4,9,12H,5-6H2,(H,11,13). The minimum Gasteiger partial charge on any atom is -0.508 e. The van der Waals surface area contributed by atoms with Crippen LogP contribution >= 0.6 is 0 Å². The molecular formula is C10H11NO3. The first-order valence-corrected chi connectivity index (χ1v) is 4.42. The van der Waals surface area contributed by atoms with Crippen LogP contribution in [0.4, 0.5) is 0 Å². The van der Waals surface area contributed by atoms with Gasteiger partial charge in [0, 0.05) is 0 Å². The number of carbonyl (C=O) groups excluding carboxylic acids is 1. The molecule has 1 heterocycles. The molecule has 4 heteroatoms. The molecule has 0 aromatic heterocycles. The zero-order valence-electron chi connectivity index (χ0n) is 7.56. The molecule has 0 saturated carbocycles. The summed E-state index contributed by atoms with van der Waals surface area (Å²) in [5.41, 5.74) is 0.859. The van der Waals surface area contributed by atoms with Crippen LogP contribution in [0.15, 0.2) is 24.3 Å². The van der Waals surface area contributed by atoms with Crippen LogP contribution in [0.3, 0.4) is 0 Å². The van der Waals surface area contributed by atoms with E-state index in [0.29, 0.717) is 6.61 Å². The van der Waals surface area contributed by atoms with Crippen LogP contribution in [-0.4, -0.2) is 24.2 Å². The van der Waals surface area contributed by atoms with Gasteiger partial charge in [-0.15, -0.1) is 0 Å². The van der Waals surface area contributed by atoms with Gasteiger partial charge in [0.15, 0.2) is 0 Å². The van der Waals surface area contributed by atoms with Crippen LogP contribution in [0.25, 0.3) is 0 Å². The molecule has 0 aliphatic carbocycles. The Morgan fingerprint density at radius 3 is 3.07 bits per heavy atom. The van der Waals surface area contributed by atoms with Crippen molar-refractivity contribution in [3.05, 3.63) is 29.8 Å². The normalized spacial score (nSPS) is 21.7. The van der Waals surface area contributed by atoms with Gasteiger partial charge in [0.25, 0.3) is 0 Å². The lowest BCUT2D eigenvalue weighted by molar-refractivity contribution is -0.131. The van der Waals surface area contributed by atoms with Gasteiger partial charge in [-0.2, -0.15) is 0 Å². The number of carbonyl (C=O) groups is 1. The van der Waals surface area contributed by atoms with E-state index in [-0.39, 0.29) is 24.3 Å². The third kappa shape index (κ3) is 1.85. The highest BCUT2D eigenvalue weighted by atomic mass is 16.5. The monoisotopic (exact) mass is 193 g/mol. The third-order valence-electron chi connectivity index (χ3n) is 2.13. The zero-order chi connectivity index (χ0) is 9.97. The minimum absolute atomic E-state index is 0.120. The number of hydrogen-bond donors (Lipinski definition) is 2. The predicted molar refractivity (Wildman–Crippen MR) is 49.8 cm³/mol. The number of aromatic hydroxyl groups is 1. The summed E-state index contributed by atoms with van der Waals surface area (Å²) in [6.45, 7) is 0.574. The Bertz CT molecular complexity index is 351. The van der Waals surface area contributed by atoms with Gasteiger partial charge in [0.05, 0.1) is 12.6 Å². The van der Waals surface area contributed by atoms with E-state index in [4.69, 9.17) is 4.74 Å². The summed E-state index contributed by atoms with van der Waals surface area (Å²) in [6, 6.07) is 6.66. The molecule has 0 radical (unpaired) electrons. The third-order valence-corrected chi connectivity index (χ3v) is 2.13. The molecule has 1 saturated heterocycles. The smallest absolute Gasteiger partial charge is 0.246 e. The van der Waals surface area contributed by atoms with Gasteiger partial charge in [-0.3, -0.25) is 4.79 Å². The first-order chi connectivity index (χ1) is 6.75. The Morgan fingerprint density at radius 1 is 1.50 bits per heavy atom. The highest BCUT2D eigenvalue weighted by Crippen LogP contribution is 2.19. The number of benzene rings is 1. The van der Waals surface area contributed by atoms with Gasteiger partial charge >= 0.3 is 0 Å². The van der Waals surface area contributed by atoms with E-state index in [1.54, 1.807) is 18.2 Å². The van der Waals surface area contributed by atoms with Gasteiger partial charge < -0.3 is 15.2 Å². The van der Waals surface area contributed by atoms with Crippen molar-refractivity contribution in [1.29, 1.82) is 0 Å². The second kappa shape index (κ2) is 3.67. The van der Waals surface area contributed by atoms with Crippen molar-refractivity contribution in [3.63, 3.8) is 0 Å². The van der Waals surface area contributed by atoms with E-state index in [2.05, 4.69) is 5.32 Å². The van der Waals surface area contributed by atoms with E-state index in [9.17, 15) is 9.90 Å². The summed E-state index contributed by atoms with van der Waals surface area (Å²) in [4.78, 5) is 11.0. The van der Waals surface area contributed by atoms with Crippen molar-refractivity contribution in [2.75, 3.05) is 13.2 Å². The molecular weight excluding hydrogens is 182 g/mol. The van der Waals surface area contributed by atoms with E-state index >= 15 is 0 Å². The van der Waals surface area contributed by atoms with Crippen LogP contribution in [-0.2, 0) is 9.53 Å². The molecule has 1 unspecified atom stereocenters. The van der Waals surface area contributed by atoms with Crippen molar-refractivity contribution in [2.45, 2.75) is 6.04 Å². The fourth-order valence-corrected chi connectivity index (χ4v) is 1.47. The van der Waals surface area contributed by atoms with Gasteiger partial charge in [-0.25, -0.2) is 0 Å². The highest BCUT2D eigenvalue weighted by molar-refractivity contribution is 5.78. The molecule has 14 heavy (non-hydrogen) atoms. The molecule has 2 rings (SSSR count). The van der Waals surface area contributed by atoms with E-state index < -0.39 is 0 Å². The number of morpholine rings is 1. The number of ether oxygens (including phenoxy) is 1. The summed E-state index contributed by atoms with van der Waals surface area (Å²) in [7, 11) is 0. The average Bonchev–Trinajstić information content (AvgIpc) is 2.18. The predicted octanol–water partition coefficient (Wildman–Crippen LogP) is 0.580. The van der Waals surface area contributed by atoms with Crippen LogP contribution in [0.2, 0.25) is 0 Å². The molecule has 74 valence electrons. The van der Waals surface area contributed by atoms with Gasteiger partial charge in [0.1, 0.15) is 12.4 Å². The lowest BCUT2D eigenvalue weighted by atomic mass is 10.1. The number of phenolic OH excluding ortho intramolecular Hbond substituents is 1. The molecule has 1 amide bonds. The molecule has 1 aromatic carbocycles. The molecule has 4 nitrogen and oxygen atoms in total. The molecule has 0 spiro atoms. The summed E-state index contributed by atoms with van der Waals surface area (Å²) in [5.74, 6) is 0.0758. The maximum atomic E-state index is 11.0. The van der Waals surface area contributed by atoms with Gasteiger partial charge in [-0.05, 0) is 17.7 Å². The molecule has 1 aromatic rings. The second-order valence-corrected chi connectivity index (χ2v) is 3.23. The Labute approximate surface area is 81.5 Å². The van der Waals surface area contributed by atoms with E-state index in [1.165, 1.54) is 0 Å². The number of nitrogens with one attached hydrogen (secondary N) is 1. The lowest BCUT2D eigenvalue weighted by Crippen LogP contribution is -2.39. The van der Waals surface area contributed by atoms with Crippen molar-refractivity contribution >= 4 is 5.91 Å². The zero-order valence-corrected chi connectivity index (χ0v) is 7.56. The number of hydrogen-bond acceptors (Lipinski definition) is 3. The maximum absolute atomic E-state index is 11.0. The lowest BCUT2D eigenvalue weighted by Gasteiger charge is -2.23. The van der Waals surface area contributed by atoms with Crippen LogP contribution in [0.5, 0.6) is 5.75 Å². The average molecular weight is 193 g/mol. The molecule has 1 aliphatic heterocycles. The van der Waals surface area contributed by atoms with Crippen LogP contribution in [0, 0.1) is 0 Å². The summed E-state index contributed by atoms with van der Waals surface area (Å²) in [5, 5.41) is 12.0. The fourth-order valence-electron chi connectivity index (χ4n) is 1.47. The summed E-state index contributed by atoms with van der Waals surface area (Å²) in [6.07, 6.45) is 0. The molecule has 2 N–H and O–H groups in total. The van der Waals surface area contributed by atoms with Crippen LogP contribution < -0.4 is 5.32 Å². The van der Waals surface area contributed by atoms with Crippen molar-refractivity contribution in [1.82, 2.24) is 5.32 Å². The fraction of sp³-hybridized carbons (Fsp3) is 0.300. The second-order valence-electron chi connectivity index (χ2n) is 3.23. The molecule has 0 bridgehead atoms. The van der Waals surface area contributed by atoms with Crippen LogP contribution in [0.1, 0.15) is 11.6 Å². The first kappa shape index (κ1) is 9.02. The number of phenols is 1.